The van der Waals surface area contributed by atoms with E-state index in [1.54, 1.807) is 11.3 Å². The lowest BCUT2D eigenvalue weighted by atomic mass is 9.91. The van der Waals surface area contributed by atoms with Gasteiger partial charge in [-0.15, -0.1) is 11.3 Å². The van der Waals surface area contributed by atoms with Crippen LogP contribution in [0, 0.1) is 0 Å². The minimum atomic E-state index is 0.202. The summed E-state index contributed by atoms with van der Waals surface area (Å²) < 4.78 is 1.14. The Morgan fingerprint density at radius 3 is 2.18 bits per heavy atom. The van der Waals surface area contributed by atoms with Crippen molar-refractivity contribution in [2.24, 2.45) is 0 Å². The number of aromatic nitrogens is 3. The average molecular weight is 459 g/mol. The predicted molar refractivity (Wildman–Crippen MR) is 141 cm³/mol. The van der Waals surface area contributed by atoms with Gasteiger partial charge in [0.2, 0.25) is 0 Å². The van der Waals surface area contributed by atoms with E-state index in [1.165, 1.54) is 11.1 Å². The molecule has 1 N–H and O–H groups in total. The number of nitrogens with one attached hydrogen (secondary N) is 1. The van der Waals surface area contributed by atoms with Crippen molar-refractivity contribution in [2.45, 2.75) is 5.92 Å². The summed E-state index contributed by atoms with van der Waals surface area (Å²) >= 11 is 1.63. The van der Waals surface area contributed by atoms with Gasteiger partial charge in [0.15, 0.2) is 5.82 Å². The average Bonchev–Trinajstić information content (AvgIpc) is 3.38. The molecule has 4 aromatic carbocycles. The van der Waals surface area contributed by atoms with E-state index in [1.807, 2.05) is 35.8 Å². The van der Waals surface area contributed by atoms with Gasteiger partial charge in [0, 0.05) is 23.4 Å². The van der Waals surface area contributed by atoms with Gasteiger partial charge in [-0.2, -0.15) is 0 Å². The molecule has 0 saturated carbocycles. The Morgan fingerprint density at radius 1 is 0.706 bits per heavy atom. The Hall–Kier alpha value is -4.09. The SMILES string of the molecule is c1ccc(C(CNc2nc(-c3ccc4ncsc4c3)nc3ccccc23)c2ccccc2)cc1. The largest absolute Gasteiger partial charge is 0.368 e. The van der Waals surface area contributed by atoms with Gasteiger partial charge in [0.25, 0.3) is 0 Å². The number of hydrogen-bond donors (Lipinski definition) is 1. The second-order valence-electron chi connectivity index (χ2n) is 8.20. The Bertz CT molecular complexity index is 1520. The molecule has 0 fully saturated rings. The van der Waals surface area contributed by atoms with Crippen molar-refractivity contribution >= 4 is 38.3 Å². The second kappa shape index (κ2) is 9.04. The number of anilines is 1. The predicted octanol–water partition coefficient (Wildman–Crippen LogP) is 7.15. The molecule has 2 heterocycles. The first kappa shape index (κ1) is 20.5. The molecule has 0 aliphatic heterocycles. The Kier molecular flexibility index (Phi) is 5.45. The van der Waals surface area contributed by atoms with Gasteiger partial charge in [0.05, 0.1) is 21.2 Å². The maximum Gasteiger partial charge on any atom is 0.162 e. The van der Waals surface area contributed by atoms with Crippen molar-refractivity contribution in [1.29, 1.82) is 0 Å². The summed E-state index contributed by atoms with van der Waals surface area (Å²) in [5, 5.41) is 4.68. The molecule has 0 aliphatic rings. The van der Waals surface area contributed by atoms with Crippen LogP contribution in [0.3, 0.4) is 0 Å². The van der Waals surface area contributed by atoms with Crippen LogP contribution in [0.1, 0.15) is 17.0 Å². The monoisotopic (exact) mass is 458 g/mol. The zero-order valence-electron chi connectivity index (χ0n) is 18.4. The molecule has 0 aliphatic carbocycles. The summed E-state index contributed by atoms with van der Waals surface area (Å²) in [5.74, 6) is 1.77. The maximum absolute atomic E-state index is 4.98. The van der Waals surface area contributed by atoms with Crippen LogP contribution >= 0.6 is 11.3 Å². The molecule has 4 nitrogen and oxygen atoms in total. The summed E-state index contributed by atoms with van der Waals surface area (Å²) in [4.78, 5) is 14.3. The zero-order chi connectivity index (χ0) is 22.7. The number of benzene rings is 4. The molecule has 0 bridgehead atoms. The fourth-order valence-electron chi connectivity index (χ4n) is 4.33. The minimum Gasteiger partial charge on any atom is -0.368 e. The van der Waals surface area contributed by atoms with Crippen LogP contribution in [-0.2, 0) is 0 Å². The van der Waals surface area contributed by atoms with Gasteiger partial charge < -0.3 is 5.32 Å². The topological polar surface area (TPSA) is 50.7 Å². The molecule has 5 heteroatoms. The quantitative estimate of drug-likeness (QED) is 0.288. The first-order valence-electron chi connectivity index (χ1n) is 11.3. The highest BCUT2D eigenvalue weighted by Crippen LogP contribution is 2.30. The molecule has 0 amide bonds. The highest BCUT2D eigenvalue weighted by atomic mass is 32.1. The van der Waals surface area contributed by atoms with Crippen LogP contribution in [-0.4, -0.2) is 21.5 Å². The van der Waals surface area contributed by atoms with Crippen LogP contribution in [0.25, 0.3) is 32.5 Å². The van der Waals surface area contributed by atoms with Gasteiger partial charge in [0.1, 0.15) is 5.82 Å². The fraction of sp³-hybridized carbons (Fsp3) is 0.0690. The third kappa shape index (κ3) is 4.02. The number of fused-ring (bicyclic) bond motifs is 2. The normalized spacial score (nSPS) is 11.3. The lowest BCUT2D eigenvalue weighted by molar-refractivity contribution is 0.849. The van der Waals surface area contributed by atoms with Crippen LogP contribution in [0.2, 0.25) is 0 Å². The van der Waals surface area contributed by atoms with E-state index in [9.17, 15) is 0 Å². The van der Waals surface area contributed by atoms with Crippen LogP contribution in [0.4, 0.5) is 5.82 Å². The summed E-state index contributed by atoms with van der Waals surface area (Å²) in [6.07, 6.45) is 0. The number of thiazole rings is 1. The van der Waals surface area contributed by atoms with Crippen molar-refractivity contribution in [3.63, 3.8) is 0 Å². The van der Waals surface area contributed by atoms with Crippen molar-refractivity contribution in [1.82, 2.24) is 15.0 Å². The third-order valence-corrected chi connectivity index (χ3v) is 6.86. The van der Waals surface area contributed by atoms with Crippen LogP contribution < -0.4 is 5.32 Å². The minimum absolute atomic E-state index is 0.202. The van der Waals surface area contributed by atoms with E-state index >= 15 is 0 Å². The molecular formula is C29H22N4S. The van der Waals surface area contributed by atoms with Crippen molar-refractivity contribution in [2.75, 3.05) is 11.9 Å². The number of nitrogens with zero attached hydrogens (tertiary/aromatic N) is 3. The van der Waals surface area contributed by atoms with E-state index < -0.39 is 0 Å². The van der Waals surface area contributed by atoms with Crippen LogP contribution in [0.5, 0.6) is 0 Å². The van der Waals surface area contributed by atoms with E-state index in [0.29, 0.717) is 5.82 Å². The molecule has 164 valence electrons. The Morgan fingerprint density at radius 2 is 1.41 bits per heavy atom. The summed E-state index contributed by atoms with van der Waals surface area (Å²) in [7, 11) is 0. The molecular weight excluding hydrogens is 436 g/mol. The Labute approximate surface area is 202 Å². The highest BCUT2D eigenvalue weighted by molar-refractivity contribution is 7.16. The van der Waals surface area contributed by atoms with E-state index in [-0.39, 0.29) is 5.92 Å². The second-order valence-corrected chi connectivity index (χ2v) is 9.09. The molecule has 6 rings (SSSR count). The number of hydrogen-bond acceptors (Lipinski definition) is 5. The van der Waals surface area contributed by atoms with Gasteiger partial charge in [-0.3, -0.25) is 0 Å². The van der Waals surface area contributed by atoms with Gasteiger partial charge in [-0.1, -0.05) is 72.8 Å². The van der Waals surface area contributed by atoms with Crippen molar-refractivity contribution in [3.8, 4) is 11.4 Å². The first-order chi connectivity index (χ1) is 16.8. The van der Waals surface area contributed by atoms with Gasteiger partial charge >= 0.3 is 0 Å². The fourth-order valence-corrected chi connectivity index (χ4v) is 5.05. The zero-order valence-corrected chi connectivity index (χ0v) is 19.2. The summed E-state index contributed by atoms with van der Waals surface area (Å²) in [5.41, 5.74) is 7.34. The lowest BCUT2D eigenvalue weighted by Crippen LogP contribution is -2.15. The first-order valence-corrected chi connectivity index (χ1v) is 12.2. The highest BCUT2D eigenvalue weighted by Gasteiger charge is 2.16. The Balaban J connectivity index is 1.40. The molecule has 34 heavy (non-hydrogen) atoms. The molecule has 0 spiro atoms. The van der Waals surface area contributed by atoms with E-state index in [2.05, 4.69) is 83.1 Å². The number of rotatable bonds is 6. The van der Waals surface area contributed by atoms with Crippen molar-refractivity contribution < 1.29 is 0 Å². The smallest absolute Gasteiger partial charge is 0.162 e. The van der Waals surface area contributed by atoms with Gasteiger partial charge in [-0.25, -0.2) is 15.0 Å². The molecule has 2 aromatic heterocycles. The summed E-state index contributed by atoms with van der Waals surface area (Å²) in [6.45, 7) is 0.725. The lowest BCUT2D eigenvalue weighted by Gasteiger charge is -2.20. The maximum atomic E-state index is 4.98. The third-order valence-electron chi connectivity index (χ3n) is 6.07. The summed E-state index contributed by atoms with van der Waals surface area (Å²) in [6, 6.07) is 35.6. The molecule has 0 atom stereocenters. The molecule has 0 unspecified atom stereocenters. The van der Waals surface area contributed by atoms with E-state index in [4.69, 9.17) is 9.97 Å². The van der Waals surface area contributed by atoms with Crippen molar-refractivity contribution in [3.05, 3.63) is 120 Å². The standard InChI is InChI=1S/C29H22N4S/c1-3-9-20(10-4-1)24(21-11-5-2-6-12-21)18-30-29-23-13-7-8-14-25(23)32-28(33-29)22-15-16-26-27(17-22)34-19-31-26/h1-17,19,24H,18H2,(H,30,32,33). The van der Waals surface area contributed by atoms with E-state index in [0.717, 1.165) is 39.0 Å². The van der Waals surface area contributed by atoms with Gasteiger partial charge in [-0.05, 0) is 41.5 Å². The number of para-hydroxylation sites is 1. The molecule has 6 aromatic rings. The molecule has 0 saturated heterocycles. The molecule has 0 radical (unpaired) electrons. The van der Waals surface area contributed by atoms with Crippen LogP contribution in [0.15, 0.2) is 109 Å².